The largest absolute Gasteiger partial charge is 0.0720 e. The number of hydrogen-bond acceptors (Lipinski definition) is 0. The van der Waals surface area contributed by atoms with Gasteiger partial charge in [-0.25, -0.2) is 0 Å². The van der Waals surface area contributed by atoms with E-state index in [0.717, 1.165) is 0 Å². The van der Waals surface area contributed by atoms with Gasteiger partial charge in [0.25, 0.3) is 0 Å². The number of hydrogen-bond donors (Lipinski definition) is 0. The van der Waals surface area contributed by atoms with Crippen LogP contribution in [0.2, 0.25) is 0 Å². The molecule has 0 aromatic heterocycles. The first-order valence-electron chi connectivity index (χ1n) is 9.01. The molecule has 24 heavy (non-hydrogen) atoms. The highest BCUT2D eigenvalue weighted by Gasteiger charge is 2.29. The van der Waals surface area contributed by atoms with E-state index in [2.05, 4.69) is 97.0 Å². The molecule has 126 valence electrons. The van der Waals surface area contributed by atoms with Gasteiger partial charge in [-0.3, -0.25) is 0 Å². The molecule has 0 spiro atoms. The van der Waals surface area contributed by atoms with Gasteiger partial charge in [-0.1, -0.05) is 90.1 Å². The van der Waals surface area contributed by atoms with Crippen molar-refractivity contribution in [2.45, 2.75) is 65.2 Å². The van der Waals surface area contributed by atoms with Crippen molar-refractivity contribution in [2.75, 3.05) is 0 Å². The molecule has 2 aromatic carbocycles. The molecule has 0 radical (unpaired) electrons. The lowest BCUT2D eigenvalue weighted by atomic mass is 9.76. The third kappa shape index (κ3) is 2.95. The summed E-state index contributed by atoms with van der Waals surface area (Å²) in [6, 6.07) is 13.8. The van der Waals surface area contributed by atoms with Crippen LogP contribution in [0, 0.1) is 6.92 Å². The molecule has 1 atom stereocenters. The first-order chi connectivity index (χ1) is 11.1. The zero-order chi connectivity index (χ0) is 17.7. The minimum absolute atomic E-state index is 0.158. The molecule has 0 nitrogen and oxygen atoms in total. The summed E-state index contributed by atoms with van der Waals surface area (Å²) in [4.78, 5) is 0. The number of fused-ring (bicyclic) bond motifs is 1. The topological polar surface area (TPSA) is 0 Å². The summed E-state index contributed by atoms with van der Waals surface area (Å²) < 4.78 is 0. The normalized spacial score (nSPS) is 17.2. The molecule has 1 aliphatic carbocycles. The van der Waals surface area contributed by atoms with Gasteiger partial charge in [-0.2, -0.15) is 0 Å². The van der Waals surface area contributed by atoms with Crippen LogP contribution in [0.5, 0.6) is 0 Å². The fraction of sp³-hybridized carbons (Fsp3) is 0.417. The van der Waals surface area contributed by atoms with Crippen LogP contribution in [0.3, 0.4) is 0 Å². The summed E-state index contributed by atoms with van der Waals surface area (Å²) in [7, 11) is 0. The fourth-order valence-corrected chi connectivity index (χ4v) is 3.73. The Bertz CT molecular complexity index is 792. The van der Waals surface area contributed by atoms with Gasteiger partial charge in [0.05, 0.1) is 0 Å². The van der Waals surface area contributed by atoms with Gasteiger partial charge < -0.3 is 0 Å². The van der Waals surface area contributed by atoms with Gasteiger partial charge in [-0.05, 0) is 51.1 Å². The third-order valence-electron chi connectivity index (χ3n) is 5.21. The standard InChI is InChI=1S/C24H30/c1-16-11-13-18(23(2,3)4)15-20(16)19-14-12-17-9-8-10-21(22(17)19)24(5,6)7/h8-15,19H,1-7H3. The molecule has 0 heteroatoms. The van der Waals surface area contributed by atoms with Crippen LogP contribution in [-0.4, -0.2) is 0 Å². The summed E-state index contributed by atoms with van der Waals surface area (Å²) in [5, 5.41) is 0. The van der Waals surface area contributed by atoms with E-state index in [1.807, 2.05) is 0 Å². The molecule has 0 heterocycles. The molecule has 0 fully saturated rings. The van der Waals surface area contributed by atoms with Crippen LogP contribution in [0.1, 0.15) is 80.8 Å². The van der Waals surface area contributed by atoms with Crippen LogP contribution in [0.15, 0.2) is 42.5 Å². The summed E-state index contributed by atoms with van der Waals surface area (Å²) in [5.41, 5.74) is 8.94. The van der Waals surface area contributed by atoms with Gasteiger partial charge in [0.1, 0.15) is 0 Å². The van der Waals surface area contributed by atoms with E-state index in [-0.39, 0.29) is 10.8 Å². The monoisotopic (exact) mass is 318 g/mol. The van der Waals surface area contributed by atoms with Crippen molar-refractivity contribution in [3.63, 3.8) is 0 Å². The molecule has 2 aromatic rings. The van der Waals surface area contributed by atoms with E-state index in [0.29, 0.717) is 5.92 Å². The van der Waals surface area contributed by atoms with E-state index >= 15 is 0 Å². The lowest BCUT2D eigenvalue weighted by Crippen LogP contribution is -2.17. The molecule has 0 aliphatic heterocycles. The minimum atomic E-state index is 0.158. The Hall–Kier alpha value is -1.82. The second-order valence-corrected chi connectivity index (χ2v) is 9.22. The maximum atomic E-state index is 2.43. The Morgan fingerprint density at radius 1 is 0.833 bits per heavy atom. The van der Waals surface area contributed by atoms with Crippen molar-refractivity contribution in [1.29, 1.82) is 0 Å². The van der Waals surface area contributed by atoms with Crippen molar-refractivity contribution in [3.05, 3.63) is 75.9 Å². The van der Waals surface area contributed by atoms with Crippen LogP contribution in [-0.2, 0) is 10.8 Å². The number of allylic oxidation sites excluding steroid dienone is 1. The van der Waals surface area contributed by atoms with Crippen molar-refractivity contribution in [3.8, 4) is 0 Å². The van der Waals surface area contributed by atoms with E-state index in [1.54, 1.807) is 0 Å². The quantitative estimate of drug-likeness (QED) is 0.545. The van der Waals surface area contributed by atoms with Gasteiger partial charge >= 0.3 is 0 Å². The molecule has 3 rings (SSSR count). The predicted octanol–water partition coefficient (Wildman–Crippen LogP) is 6.75. The number of rotatable bonds is 1. The second kappa shape index (κ2) is 5.62. The fourth-order valence-electron chi connectivity index (χ4n) is 3.73. The lowest BCUT2D eigenvalue weighted by Gasteiger charge is -2.28. The average molecular weight is 319 g/mol. The maximum absolute atomic E-state index is 2.43. The van der Waals surface area contributed by atoms with E-state index in [4.69, 9.17) is 0 Å². The Morgan fingerprint density at radius 3 is 2.17 bits per heavy atom. The van der Waals surface area contributed by atoms with Crippen LogP contribution in [0.4, 0.5) is 0 Å². The van der Waals surface area contributed by atoms with Crippen molar-refractivity contribution in [2.24, 2.45) is 0 Å². The second-order valence-electron chi connectivity index (χ2n) is 9.22. The van der Waals surface area contributed by atoms with E-state index in [1.165, 1.54) is 33.4 Å². The van der Waals surface area contributed by atoms with Gasteiger partial charge in [-0.15, -0.1) is 0 Å². The van der Waals surface area contributed by atoms with Gasteiger partial charge in [0.15, 0.2) is 0 Å². The SMILES string of the molecule is Cc1ccc(C(C)(C)C)cc1C1C=Cc2cccc(C(C)(C)C)c21. The molecular weight excluding hydrogens is 288 g/mol. The molecule has 0 bridgehead atoms. The Kier molecular flexibility index (Phi) is 3.98. The molecule has 0 saturated heterocycles. The molecular formula is C24H30. The highest BCUT2D eigenvalue weighted by Crippen LogP contribution is 2.43. The van der Waals surface area contributed by atoms with Gasteiger partial charge in [0, 0.05) is 5.92 Å². The van der Waals surface area contributed by atoms with Crippen LogP contribution >= 0.6 is 0 Å². The summed E-state index contributed by atoms with van der Waals surface area (Å²) in [6.07, 6.45) is 4.69. The summed E-state index contributed by atoms with van der Waals surface area (Å²) in [5.74, 6) is 0.373. The smallest absolute Gasteiger partial charge is 0.0284 e. The molecule has 1 aliphatic rings. The summed E-state index contributed by atoms with van der Waals surface area (Å²) >= 11 is 0. The number of benzene rings is 2. The molecule has 0 N–H and O–H groups in total. The van der Waals surface area contributed by atoms with Gasteiger partial charge in [0.2, 0.25) is 0 Å². The van der Waals surface area contributed by atoms with Crippen molar-refractivity contribution >= 4 is 6.08 Å². The van der Waals surface area contributed by atoms with Crippen molar-refractivity contribution in [1.82, 2.24) is 0 Å². The Morgan fingerprint density at radius 2 is 1.54 bits per heavy atom. The zero-order valence-corrected chi connectivity index (χ0v) is 16.2. The van der Waals surface area contributed by atoms with E-state index < -0.39 is 0 Å². The van der Waals surface area contributed by atoms with Crippen LogP contribution < -0.4 is 0 Å². The van der Waals surface area contributed by atoms with Crippen LogP contribution in [0.25, 0.3) is 6.08 Å². The Balaban J connectivity index is 2.18. The first kappa shape index (κ1) is 17.0. The first-order valence-corrected chi connectivity index (χ1v) is 9.01. The zero-order valence-electron chi connectivity index (χ0n) is 16.2. The highest BCUT2D eigenvalue weighted by molar-refractivity contribution is 5.68. The molecule has 0 saturated carbocycles. The number of aryl methyl sites for hydroxylation is 1. The lowest BCUT2D eigenvalue weighted by molar-refractivity contribution is 0.580. The summed E-state index contributed by atoms with van der Waals surface area (Å²) in [6.45, 7) is 16.1. The van der Waals surface area contributed by atoms with Crippen molar-refractivity contribution < 1.29 is 0 Å². The Labute approximate surface area is 147 Å². The predicted molar refractivity (Wildman–Crippen MR) is 106 cm³/mol. The third-order valence-corrected chi connectivity index (χ3v) is 5.21. The minimum Gasteiger partial charge on any atom is -0.0720 e. The average Bonchev–Trinajstić information content (AvgIpc) is 2.89. The maximum Gasteiger partial charge on any atom is 0.0284 e. The molecule has 0 amide bonds. The van der Waals surface area contributed by atoms with E-state index in [9.17, 15) is 0 Å². The molecule has 1 unspecified atom stereocenters. The highest BCUT2D eigenvalue weighted by atomic mass is 14.3.